The summed E-state index contributed by atoms with van der Waals surface area (Å²) in [5.41, 5.74) is 2.06. The summed E-state index contributed by atoms with van der Waals surface area (Å²) in [6, 6.07) is 8.60. The molecule has 2 aromatic carbocycles. The number of hydrogen-bond donors (Lipinski definition) is 1. The minimum Gasteiger partial charge on any atom is -0.379 e. The zero-order valence-corrected chi connectivity index (χ0v) is 18.8. The van der Waals surface area contributed by atoms with E-state index in [9.17, 15) is 17.2 Å². The molecule has 0 spiro atoms. The van der Waals surface area contributed by atoms with Crippen LogP contribution in [0.5, 0.6) is 0 Å². The van der Waals surface area contributed by atoms with Gasteiger partial charge in [0.05, 0.1) is 35.7 Å². The van der Waals surface area contributed by atoms with Crippen molar-refractivity contribution in [2.75, 3.05) is 26.3 Å². The van der Waals surface area contributed by atoms with Crippen molar-refractivity contribution in [3.05, 3.63) is 59.4 Å². The Morgan fingerprint density at radius 2 is 1.88 bits per heavy atom. The number of halogens is 2. The van der Waals surface area contributed by atoms with Gasteiger partial charge in [0.1, 0.15) is 5.82 Å². The average Bonchev–Trinajstić information content (AvgIpc) is 3.16. The van der Waals surface area contributed by atoms with Crippen molar-refractivity contribution in [3.8, 4) is 0 Å². The largest absolute Gasteiger partial charge is 0.379 e. The van der Waals surface area contributed by atoms with Crippen LogP contribution < -0.4 is 5.32 Å². The first kappa shape index (κ1) is 22.8. The number of imidazole rings is 1. The summed E-state index contributed by atoms with van der Waals surface area (Å²) >= 11 is 0. The molecule has 4 rings (SSSR count). The molecule has 0 bridgehead atoms. The van der Waals surface area contributed by atoms with Gasteiger partial charge in [-0.1, -0.05) is 6.07 Å². The topological polar surface area (TPSA) is 76.5 Å². The lowest BCUT2D eigenvalue weighted by Crippen LogP contribution is -2.40. The second kappa shape index (κ2) is 9.22. The number of benzene rings is 2. The third-order valence-corrected chi connectivity index (χ3v) is 7.63. The van der Waals surface area contributed by atoms with Crippen LogP contribution in [0, 0.1) is 11.6 Å². The van der Waals surface area contributed by atoms with Crippen LogP contribution in [0.1, 0.15) is 31.3 Å². The van der Waals surface area contributed by atoms with E-state index in [1.54, 1.807) is 24.3 Å². The molecule has 10 heteroatoms. The molecule has 0 radical (unpaired) electrons. The minimum absolute atomic E-state index is 0.210. The van der Waals surface area contributed by atoms with E-state index >= 15 is 0 Å². The van der Waals surface area contributed by atoms with Crippen LogP contribution in [0.2, 0.25) is 0 Å². The molecular weight excluding hydrogens is 438 g/mol. The first-order valence-corrected chi connectivity index (χ1v) is 12.0. The van der Waals surface area contributed by atoms with Crippen molar-refractivity contribution in [1.82, 2.24) is 19.2 Å². The van der Waals surface area contributed by atoms with Crippen molar-refractivity contribution >= 4 is 21.1 Å². The highest BCUT2D eigenvalue weighted by Crippen LogP contribution is 2.24. The molecule has 0 amide bonds. The fraction of sp³-hybridized carbons (Fsp3) is 0.409. The van der Waals surface area contributed by atoms with E-state index in [4.69, 9.17) is 4.74 Å². The normalized spacial score (nSPS) is 16.5. The van der Waals surface area contributed by atoms with E-state index in [2.05, 4.69) is 10.3 Å². The van der Waals surface area contributed by atoms with Gasteiger partial charge in [0.25, 0.3) is 0 Å². The summed E-state index contributed by atoms with van der Waals surface area (Å²) in [6.45, 7) is 6.33. The first-order valence-electron chi connectivity index (χ1n) is 10.6. The Hall–Kier alpha value is -2.40. The number of aromatic nitrogens is 2. The number of ether oxygens (including phenoxy) is 1. The van der Waals surface area contributed by atoms with Gasteiger partial charge in [0.15, 0.2) is 11.6 Å². The fourth-order valence-corrected chi connectivity index (χ4v) is 5.32. The third kappa shape index (κ3) is 4.40. The number of morpholine rings is 1. The number of fused-ring (bicyclic) bond motifs is 1. The molecule has 172 valence electrons. The van der Waals surface area contributed by atoms with Crippen molar-refractivity contribution in [1.29, 1.82) is 0 Å². The number of rotatable bonds is 7. The Kier molecular flexibility index (Phi) is 6.57. The molecule has 1 aromatic heterocycles. The van der Waals surface area contributed by atoms with Crippen molar-refractivity contribution in [2.45, 2.75) is 37.9 Å². The molecular formula is C22H26F2N4O3S. The van der Waals surface area contributed by atoms with E-state index < -0.39 is 21.7 Å². The summed E-state index contributed by atoms with van der Waals surface area (Å²) < 4.78 is 61.4. The second-order valence-electron chi connectivity index (χ2n) is 7.72. The molecule has 32 heavy (non-hydrogen) atoms. The SMILES string of the molecule is CCn1c(CN[C@@H](C)c2ccc(F)c(F)c2)nc2cc(S(=O)(=O)N3CCOCC3)ccc21. The smallest absolute Gasteiger partial charge is 0.243 e. The number of nitrogens with one attached hydrogen (secondary N) is 1. The summed E-state index contributed by atoms with van der Waals surface area (Å²) in [7, 11) is -3.61. The van der Waals surface area contributed by atoms with Gasteiger partial charge >= 0.3 is 0 Å². The van der Waals surface area contributed by atoms with E-state index in [0.717, 1.165) is 17.4 Å². The van der Waals surface area contributed by atoms with Gasteiger partial charge in [-0.25, -0.2) is 22.2 Å². The summed E-state index contributed by atoms with van der Waals surface area (Å²) in [5.74, 6) is -1.03. The number of aryl methyl sites for hydroxylation is 1. The van der Waals surface area contributed by atoms with Crippen LogP contribution in [0.4, 0.5) is 8.78 Å². The van der Waals surface area contributed by atoms with Gasteiger partial charge in [0.2, 0.25) is 10.0 Å². The van der Waals surface area contributed by atoms with E-state index in [1.165, 1.54) is 10.4 Å². The number of nitrogens with zero attached hydrogens (tertiary/aromatic N) is 3. The molecule has 7 nitrogen and oxygen atoms in total. The van der Waals surface area contributed by atoms with Gasteiger partial charge in [-0.05, 0) is 49.7 Å². The highest BCUT2D eigenvalue weighted by molar-refractivity contribution is 7.89. The molecule has 1 aliphatic heterocycles. The maximum atomic E-state index is 13.6. The number of hydrogen-bond acceptors (Lipinski definition) is 5. The predicted octanol–water partition coefficient (Wildman–Crippen LogP) is 3.21. The van der Waals surface area contributed by atoms with E-state index in [1.807, 2.05) is 18.4 Å². The highest BCUT2D eigenvalue weighted by atomic mass is 32.2. The molecule has 1 saturated heterocycles. The summed E-state index contributed by atoms with van der Waals surface area (Å²) in [4.78, 5) is 4.87. The van der Waals surface area contributed by atoms with Crippen LogP contribution in [0.15, 0.2) is 41.3 Å². The Bertz CT molecular complexity index is 1220. The van der Waals surface area contributed by atoms with Crippen LogP contribution in [0.3, 0.4) is 0 Å². The lowest BCUT2D eigenvalue weighted by molar-refractivity contribution is 0.0730. The Morgan fingerprint density at radius 1 is 1.12 bits per heavy atom. The quantitative estimate of drug-likeness (QED) is 0.581. The van der Waals surface area contributed by atoms with Gasteiger partial charge in [0, 0.05) is 25.7 Å². The molecule has 0 aliphatic carbocycles. The average molecular weight is 465 g/mol. The number of sulfonamides is 1. The zero-order chi connectivity index (χ0) is 22.9. The maximum absolute atomic E-state index is 13.6. The Balaban J connectivity index is 1.57. The van der Waals surface area contributed by atoms with E-state index in [0.29, 0.717) is 50.5 Å². The molecule has 1 aliphatic rings. The Labute approximate surface area is 186 Å². The highest BCUT2D eigenvalue weighted by Gasteiger charge is 2.27. The van der Waals surface area contributed by atoms with Gasteiger partial charge in [-0.2, -0.15) is 4.31 Å². The molecule has 1 fully saturated rings. The summed E-state index contributed by atoms with van der Waals surface area (Å²) in [6.07, 6.45) is 0. The first-order chi connectivity index (χ1) is 15.3. The second-order valence-corrected chi connectivity index (χ2v) is 9.65. The molecule has 1 atom stereocenters. The van der Waals surface area contributed by atoms with Crippen molar-refractivity contribution < 1.29 is 21.9 Å². The Morgan fingerprint density at radius 3 is 2.56 bits per heavy atom. The lowest BCUT2D eigenvalue weighted by atomic mass is 10.1. The van der Waals surface area contributed by atoms with Crippen LogP contribution >= 0.6 is 0 Å². The molecule has 2 heterocycles. The molecule has 3 aromatic rings. The van der Waals surface area contributed by atoms with Gasteiger partial charge < -0.3 is 14.6 Å². The molecule has 1 N–H and O–H groups in total. The van der Waals surface area contributed by atoms with Crippen molar-refractivity contribution in [3.63, 3.8) is 0 Å². The summed E-state index contributed by atoms with van der Waals surface area (Å²) in [5, 5.41) is 3.28. The molecule has 0 unspecified atom stereocenters. The van der Waals surface area contributed by atoms with Crippen LogP contribution in [0.25, 0.3) is 11.0 Å². The zero-order valence-electron chi connectivity index (χ0n) is 18.0. The van der Waals surface area contributed by atoms with Gasteiger partial charge in [-0.3, -0.25) is 0 Å². The monoisotopic (exact) mass is 464 g/mol. The maximum Gasteiger partial charge on any atom is 0.243 e. The lowest BCUT2D eigenvalue weighted by Gasteiger charge is -2.26. The van der Waals surface area contributed by atoms with Crippen LogP contribution in [-0.2, 0) is 27.8 Å². The third-order valence-electron chi connectivity index (χ3n) is 5.73. The standard InChI is InChI=1S/C22H26F2N4O3S/c1-3-28-21-7-5-17(32(29,30)27-8-10-31-11-9-27)13-20(21)26-22(28)14-25-15(2)16-4-6-18(23)19(24)12-16/h4-7,12-13,15,25H,3,8-11,14H2,1-2H3/t15-/m0/s1. The minimum atomic E-state index is -3.61. The molecule has 0 saturated carbocycles. The van der Waals surface area contributed by atoms with Gasteiger partial charge in [-0.15, -0.1) is 0 Å². The predicted molar refractivity (Wildman–Crippen MR) is 117 cm³/mol. The fourth-order valence-electron chi connectivity index (χ4n) is 3.89. The van der Waals surface area contributed by atoms with Crippen LogP contribution in [-0.4, -0.2) is 48.6 Å². The van der Waals surface area contributed by atoms with E-state index in [-0.39, 0.29) is 10.9 Å². The van der Waals surface area contributed by atoms with Crippen molar-refractivity contribution in [2.24, 2.45) is 0 Å².